The van der Waals surface area contributed by atoms with Crippen molar-refractivity contribution in [3.05, 3.63) is 0 Å². The van der Waals surface area contributed by atoms with Gasteiger partial charge in [-0.3, -0.25) is 4.90 Å². The number of hydrogen-bond donors (Lipinski definition) is 1. The van der Waals surface area contributed by atoms with E-state index in [1.807, 2.05) is 0 Å². The smallest absolute Gasteiger partial charge is 0.0278 e. The number of hydrogen-bond acceptors (Lipinski definition) is 2. The van der Waals surface area contributed by atoms with E-state index in [4.69, 9.17) is 0 Å². The minimum absolute atomic E-state index is 0.353. The van der Waals surface area contributed by atoms with Crippen LogP contribution in [0.4, 0.5) is 0 Å². The lowest BCUT2D eigenvalue weighted by molar-refractivity contribution is 0.0394. The van der Waals surface area contributed by atoms with Crippen LogP contribution in [0, 0.1) is 17.8 Å². The first kappa shape index (κ1) is 13.9. The van der Waals surface area contributed by atoms with Crippen LogP contribution in [0.15, 0.2) is 0 Å². The predicted octanol–water partition coefficient (Wildman–Crippen LogP) is 3.28. The molecule has 1 N–H and O–H groups in total. The lowest BCUT2D eigenvalue weighted by Gasteiger charge is -2.48. The highest BCUT2D eigenvalue weighted by molar-refractivity contribution is 4.97. The molecule has 2 bridgehead atoms. The van der Waals surface area contributed by atoms with Crippen molar-refractivity contribution in [1.29, 1.82) is 0 Å². The molecule has 2 nitrogen and oxygen atoms in total. The molecule has 1 heterocycles. The summed E-state index contributed by atoms with van der Waals surface area (Å²) in [5, 5.41) is 3.76. The predicted molar refractivity (Wildman–Crippen MR) is 81.3 cm³/mol. The van der Waals surface area contributed by atoms with Crippen molar-refractivity contribution in [2.75, 3.05) is 19.6 Å². The Labute approximate surface area is 119 Å². The highest BCUT2D eigenvalue weighted by Gasteiger charge is 2.42. The van der Waals surface area contributed by atoms with Gasteiger partial charge in [-0.05, 0) is 57.3 Å². The number of rotatable bonds is 4. The summed E-state index contributed by atoms with van der Waals surface area (Å²) >= 11 is 0. The second-order valence-electron chi connectivity index (χ2n) is 8.02. The molecule has 0 spiro atoms. The van der Waals surface area contributed by atoms with E-state index in [1.54, 1.807) is 6.42 Å². The van der Waals surface area contributed by atoms with Gasteiger partial charge in [0.05, 0.1) is 0 Å². The molecule has 1 saturated heterocycles. The molecule has 4 atom stereocenters. The van der Waals surface area contributed by atoms with Crippen LogP contribution in [0.2, 0.25) is 0 Å². The van der Waals surface area contributed by atoms with Crippen LogP contribution in [0.3, 0.4) is 0 Å². The van der Waals surface area contributed by atoms with Gasteiger partial charge in [0, 0.05) is 31.2 Å². The molecule has 4 unspecified atom stereocenters. The minimum atomic E-state index is 0.353. The van der Waals surface area contributed by atoms with Crippen molar-refractivity contribution in [2.45, 2.75) is 70.9 Å². The largest absolute Gasteiger partial charge is 0.311 e. The maximum absolute atomic E-state index is 3.76. The Morgan fingerprint density at radius 3 is 2.68 bits per heavy atom. The third-order valence-electron chi connectivity index (χ3n) is 6.10. The van der Waals surface area contributed by atoms with Gasteiger partial charge >= 0.3 is 0 Å². The summed E-state index contributed by atoms with van der Waals surface area (Å²) in [6.07, 6.45) is 8.78. The van der Waals surface area contributed by atoms with Crippen molar-refractivity contribution in [2.24, 2.45) is 17.8 Å². The SMILES string of the molecule is CCCC1CN(CC2CC3CCC2C3)C(C)(C)CN1. The summed E-state index contributed by atoms with van der Waals surface area (Å²) in [6, 6.07) is 0.733. The Balaban J connectivity index is 1.60. The third kappa shape index (κ3) is 2.85. The molecule has 110 valence electrons. The van der Waals surface area contributed by atoms with Crippen molar-refractivity contribution < 1.29 is 0 Å². The molecule has 2 heteroatoms. The highest BCUT2D eigenvalue weighted by Crippen LogP contribution is 2.48. The van der Waals surface area contributed by atoms with Crippen LogP contribution in [0.1, 0.15) is 59.3 Å². The summed E-state index contributed by atoms with van der Waals surface area (Å²) in [6.45, 7) is 11.0. The fourth-order valence-corrected chi connectivity index (χ4v) is 4.83. The molecule has 3 rings (SSSR count). The summed E-state index contributed by atoms with van der Waals surface area (Å²) in [7, 11) is 0. The van der Waals surface area contributed by atoms with E-state index in [0.29, 0.717) is 5.54 Å². The van der Waals surface area contributed by atoms with Crippen molar-refractivity contribution in [3.8, 4) is 0 Å². The minimum Gasteiger partial charge on any atom is -0.311 e. The lowest BCUT2D eigenvalue weighted by atomic mass is 9.86. The Hall–Kier alpha value is -0.0800. The molecule has 1 aliphatic heterocycles. The van der Waals surface area contributed by atoms with Crippen molar-refractivity contribution in [1.82, 2.24) is 10.2 Å². The van der Waals surface area contributed by atoms with E-state index in [-0.39, 0.29) is 0 Å². The third-order valence-corrected chi connectivity index (χ3v) is 6.10. The first-order valence-corrected chi connectivity index (χ1v) is 8.57. The fourth-order valence-electron chi connectivity index (χ4n) is 4.83. The zero-order valence-corrected chi connectivity index (χ0v) is 13.1. The van der Waals surface area contributed by atoms with E-state index in [0.717, 1.165) is 23.8 Å². The van der Waals surface area contributed by atoms with Crippen LogP contribution in [-0.4, -0.2) is 36.1 Å². The van der Waals surface area contributed by atoms with Crippen LogP contribution >= 0.6 is 0 Å². The Kier molecular flexibility index (Phi) is 3.92. The number of nitrogens with zero attached hydrogens (tertiary/aromatic N) is 1. The molecule has 2 aliphatic carbocycles. The lowest BCUT2D eigenvalue weighted by Crippen LogP contribution is -2.62. The summed E-state index contributed by atoms with van der Waals surface area (Å²) in [4.78, 5) is 2.81. The first-order chi connectivity index (χ1) is 9.08. The zero-order chi connectivity index (χ0) is 13.5. The topological polar surface area (TPSA) is 15.3 Å². The molecule has 2 saturated carbocycles. The average Bonchev–Trinajstić information content (AvgIpc) is 2.96. The maximum atomic E-state index is 3.76. The van der Waals surface area contributed by atoms with Gasteiger partial charge in [0.2, 0.25) is 0 Å². The Morgan fingerprint density at radius 2 is 2.05 bits per heavy atom. The quantitative estimate of drug-likeness (QED) is 0.838. The normalized spacial score (nSPS) is 41.8. The summed E-state index contributed by atoms with van der Waals surface area (Å²) in [5.74, 6) is 3.17. The van der Waals surface area contributed by atoms with E-state index >= 15 is 0 Å². The number of nitrogens with one attached hydrogen (secondary N) is 1. The first-order valence-electron chi connectivity index (χ1n) is 8.57. The van der Waals surface area contributed by atoms with Crippen LogP contribution in [-0.2, 0) is 0 Å². The van der Waals surface area contributed by atoms with Gasteiger partial charge < -0.3 is 5.32 Å². The van der Waals surface area contributed by atoms with Gasteiger partial charge in [0.1, 0.15) is 0 Å². The number of fused-ring (bicyclic) bond motifs is 2. The monoisotopic (exact) mass is 264 g/mol. The second kappa shape index (κ2) is 5.37. The second-order valence-corrected chi connectivity index (χ2v) is 8.02. The average molecular weight is 264 g/mol. The molecule has 0 aromatic carbocycles. The molecule has 0 radical (unpaired) electrons. The summed E-state index contributed by atoms with van der Waals surface area (Å²) < 4.78 is 0. The standard InChI is InChI=1S/C17H32N2/c1-4-5-16-11-19(17(2,3)12-18-16)10-15-9-13-6-7-14(15)8-13/h13-16,18H,4-12H2,1-3H3. The van der Waals surface area contributed by atoms with Crippen LogP contribution in [0.25, 0.3) is 0 Å². The van der Waals surface area contributed by atoms with Crippen molar-refractivity contribution in [3.63, 3.8) is 0 Å². The molecule has 3 fully saturated rings. The number of piperazine rings is 1. The fraction of sp³-hybridized carbons (Fsp3) is 1.00. The Bertz CT molecular complexity index is 312. The van der Waals surface area contributed by atoms with Gasteiger partial charge in [0.25, 0.3) is 0 Å². The molecular weight excluding hydrogens is 232 g/mol. The van der Waals surface area contributed by atoms with E-state index in [2.05, 4.69) is 31.0 Å². The van der Waals surface area contributed by atoms with E-state index in [9.17, 15) is 0 Å². The Morgan fingerprint density at radius 1 is 1.21 bits per heavy atom. The van der Waals surface area contributed by atoms with Crippen molar-refractivity contribution >= 4 is 0 Å². The molecule has 0 aromatic heterocycles. The molecule has 0 aromatic rings. The van der Waals surface area contributed by atoms with E-state index < -0.39 is 0 Å². The maximum Gasteiger partial charge on any atom is 0.0278 e. The van der Waals surface area contributed by atoms with Gasteiger partial charge in [-0.25, -0.2) is 0 Å². The van der Waals surface area contributed by atoms with Crippen LogP contribution in [0.5, 0.6) is 0 Å². The molecular formula is C17H32N2. The van der Waals surface area contributed by atoms with E-state index in [1.165, 1.54) is 51.7 Å². The zero-order valence-electron chi connectivity index (χ0n) is 13.1. The molecule has 3 aliphatic rings. The molecule has 0 amide bonds. The van der Waals surface area contributed by atoms with Gasteiger partial charge in [-0.1, -0.05) is 19.8 Å². The van der Waals surface area contributed by atoms with Crippen LogP contribution < -0.4 is 5.32 Å². The summed E-state index contributed by atoms with van der Waals surface area (Å²) in [5.41, 5.74) is 0.353. The van der Waals surface area contributed by atoms with Gasteiger partial charge in [0.15, 0.2) is 0 Å². The van der Waals surface area contributed by atoms with Gasteiger partial charge in [-0.2, -0.15) is 0 Å². The van der Waals surface area contributed by atoms with Gasteiger partial charge in [-0.15, -0.1) is 0 Å². The molecule has 19 heavy (non-hydrogen) atoms. The highest BCUT2D eigenvalue weighted by atomic mass is 15.3.